The van der Waals surface area contributed by atoms with E-state index >= 15 is 0 Å². The monoisotopic (exact) mass is 295 g/mol. The standard InChI is InChI=1S/C20H25NO/c22-20(17-19-9-5-2-6-10-19)12-15-21(16-13-20)14-11-18-7-3-1-4-8-18/h1-10,22H,11-17H2. The molecule has 2 aromatic carbocycles. The highest BCUT2D eigenvalue weighted by molar-refractivity contribution is 5.18. The molecule has 1 heterocycles. The fourth-order valence-electron chi connectivity index (χ4n) is 3.28. The molecule has 22 heavy (non-hydrogen) atoms. The number of aliphatic hydroxyl groups is 1. The van der Waals surface area contributed by atoms with Gasteiger partial charge >= 0.3 is 0 Å². The fraction of sp³-hybridized carbons (Fsp3) is 0.400. The number of hydrogen-bond donors (Lipinski definition) is 1. The van der Waals surface area contributed by atoms with Crippen LogP contribution < -0.4 is 0 Å². The first-order valence-corrected chi connectivity index (χ1v) is 8.26. The number of benzene rings is 2. The molecule has 116 valence electrons. The van der Waals surface area contributed by atoms with Gasteiger partial charge in [0.25, 0.3) is 0 Å². The molecule has 0 atom stereocenters. The molecular weight excluding hydrogens is 270 g/mol. The van der Waals surface area contributed by atoms with Crippen LogP contribution in [-0.2, 0) is 12.8 Å². The maximum absolute atomic E-state index is 10.8. The molecular formula is C20H25NO. The number of nitrogens with zero attached hydrogens (tertiary/aromatic N) is 1. The van der Waals surface area contributed by atoms with E-state index in [1.807, 2.05) is 18.2 Å². The summed E-state index contributed by atoms with van der Waals surface area (Å²) in [7, 11) is 0. The molecule has 0 unspecified atom stereocenters. The molecule has 1 saturated heterocycles. The summed E-state index contributed by atoms with van der Waals surface area (Å²) in [5.74, 6) is 0. The Balaban J connectivity index is 1.47. The van der Waals surface area contributed by atoms with Crippen molar-refractivity contribution < 1.29 is 5.11 Å². The van der Waals surface area contributed by atoms with Crippen LogP contribution in [0.15, 0.2) is 60.7 Å². The van der Waals surface area contributed by atoms with Gasteiger partial charge in [-0.05, 0) is 30.4 Å². The number of rotatable bonds is 5. The molecule has 0 bridgehead atoms. The summed E-state index contributed by atoms with van der Waals surface area (Å²) in [5, 5.41) is 10.8. The highest BCUT2D eigenvalue weighted by Crippen LogP contribution is 2.26. The smallest absolute Gasteiger partial charge is 0.0712 e. The Bertz CT molecular complexity index is 559. The lowest BCUT2D eigenvalue weighted by atomic mass is 9.85. The summed E-state index contributed by atoms with van der Waals surface area (Å²) in [4.78, 5) is 2.48. The quantitative estimate of drug-likeness (QED) is 0.915. The molecule has 3 rings (SSSR count). The zero-order valence-corrected chi connectivity index (χ0v) is 13.1. The van der Waals surface area contributed by atoms with Gasteiger partial charge in [0, 0.05) is 26.1 Å². The lowest BCUT2D eigenvalue weighted by Crippen LogP contribution is -2.46. The van der Waals surface area contributed by atoms with Crippen LogP contribution in [-0.4, -0.2) is 35.2 Å². The maximum Gasteiger partial charge on any atom is 0.0712 e. The summed E-state index contributed by atoms with van der Waals surface area (Å²) in [6.45, 7) is 3.08. The topological polar surface area (TPSA) is 23.5 Å². The van der Waals surface area contributed by atoms with Gasteiger partial charge in [-0.1, -0.05) is 60.7 Å². The highest BCUT2D eigenvalue weighted by atomic mass is 16.3. The van der Waals surface area contributed by atoms with E-state index in [1.54, 1.807) is 0 Å². The third-order valence-corrected chi connectivity index (χ3v) is 4.72. The van der Waals surface area contributed by atoms with Crippen molar-refractivity contribution in [2.24, 2.45) is 0 Å². The van der Waals surface area contributed by atoms with Crippen molar-refractivity contribution in [2.45, 2.75) is 31.3 Å². The lowest BCUT2D eigenvalue weighted by Gasteiger charge is -2.38. The first-order chi connectivity index (χ1) is 10.7. The lowest BCUT2D eigenvalue weighted by molar-refractivity contribution is -0.0203. The molecule has 2 nitrogen and oxygen atoms in total. The van der Waals surface area contributed by atoms with Gasteiger partial charge in [-0.25, -0.2) is 0 Å². The van der Waals surface area contributed by atoms with Gasteiger partial charge in [-0.3, -0.25) is 0 Å². The summed E-state index contributed by atoms with van der Waals surface area (Å²) < 4.78 is 0. The van der Waals surface area contributed by atoms with Crippen molar-refractivity contribution >= 4 is 0 Å². The second kappa shape index (κ2) is 7.08. The normalized spacial score (nSPS) is 18.2. The van der Waals surface area contributed by atoms with Crippen molar-refractivity contribution in [3.05, 3.63) is 71.8 Å². The summed E-state index contributed by atoms with van der Waals surface area (Å²) >= 11 is 0. The Morgan fingerprint density at radius 2 is 1.36 bits per heavy atom. The van der Waals surface area contributed by atoms with Gasteiger partial charge < -0.3 is 10.0 Å². The maximum atomic E-state index is 10.8. The number of hydrogen-bond acceptors (Lipinski definition) is 2. The number of likely N-dealkylation sites (tertiary alicyclic amines) is 1. The average molecular weight is 295 g/mol. The summed E-state index contributed by atoms with van der Waals surface area (Å²) in [6.07, 6.45) is 3.62. The van der Waals surface area contributed by atoms with Gasteiger partial charge in [0.1, 0.15) is 0 Å². The molecule has 1 aliphatic heterocycles. The minimum absolute atomic E-state index is 0.523. The molecule has 2 heteroatoms. The molecule has 0 saturated carbocycles. The van der Waals surface area contributed by atoms with E-state index in [2.05, 4.69) is 47.4 Å². The Morgan fingerprint density at radius 1 is 0.818 bits per heavy atom. The van der Waals surface area contributed by atoms with Crippen LogP contribution in [0.2, 0.25) is 0 Å². The molecule has 1 fully saturated rings. The van der Waals surface area contributed by atoms with Crippen molar-refractivity contribution in [1.29, 1.82) is 0 Å². The molecule has 0 spiro atoms. The van der Waals surface area contributed by atoms with Gasteiger partial charge in [0.2, 0.25) is 0 Å². The van der Waals surface area contributed by atoms with Crippen molar-refractivity contribution in [2.75, 3.05) is 19.6 Å². The Kier molecular flexibility index (Phi) is 4.91. The van der Waals surface area contributed by atoms with Crippen LogP contribution in [0, 0.1) is 0 Å². The number of piperidine rings is 1. The van der Waals surface area contributed by atoms with Crippen LogP contribution in [0.25, 0.3) is 0 Å². The molecule has 0 radical (unpaired) electrons. The van der Waals surface area contributed by atoms with E-state index < -0.39 is 5.60 Å². The zero-order chi connectivity index (χ0) is 15.3. The van der Waals surface area contributed by atoms with E-state index in [9.17, 15) is 5.11 Å². The summed E-state index contributed by atoms with van der Waals surface area (Å²) in [5.41, 5.74) is 2.11. The molecule has 0 aromatic heterocycles. The van der Waals surface area contributed by atoms with E-state index in [0.29, 0.717) is 0 Å². The Morgan fingerprint density at radius 3 is 1.95 bits per heavy atom. The van der Waals surface area contributed by atoms with Crippen molar-refractivity contribution in [1.82, 2.24) is 4.90 Å². The minimum Gasteiger partial charge on any atom is -0.389 e. The van der Waals surface area contributed by atoms with Crippen LogP contribution in [0.1, 0.15) is 24.0 Å². The largest absolute Gasteiger partial charge is 0.389 e. The third-order valence-electron chi connectivity index (χ3n) is 4.72. The van der Waals surface area contributed by atoms with Gasteiger partial charge in [-0.15, -0.1) is 0 Å². The van der Waals surface area contributed by atoms with Crippen LogP contribution in [0.5, 0.6) is 0 Å². The van der Waals surface area contributed by atoms with E-state index in [0.717, 1.165) is 45.3 Å². The second-order valence-electron chi connectivity index (χ2n) is 6.46. The Labute approximate surface area is 133 Å². The summed E-state index contributed by atoms with van der Waals surface area (Å²) in [6, 6.07) is 21.0. The molecule has 1 N–H and O–H groups in total. The van der Waals surface area contributed by atoms with E-state index in [4.69, 9.17) is 0 Å². The van der Waals surface area contributed by atoms with E-state index in [-0.39, 0.29) is 0 Å². The average Bonchev–Trinajstić information content (AvgIpc) is 2.56. The minimum atomic E-state index is -0.523. The predicted molar refractivity (Wildman–Crippen MR) is 90.9 cm³/mol. The SMILES string of the molecule is OC1(Cc2ccccc2)CCN(CCc2ccccc2)CC1. The zero-order valence-electron chi connectivity index (χ0n) is 13.1. The third kappa shape index (κ3) is 4.19. The molecule has 2 aromatic rings. The van der Waals surface area contributed by atoms with Crippen LogP contribution >= 0.6 is 0 Å². The van der Waals surface area contributed by atoms with Crippen LogP contribution in [0.4, 0.5) is 0 Å². The highest BCUT2D eigenvalue weighted by Gasteiger charge is 2.32. The first-order valence-electron chi connectivity index (χ1n) is 8.26. The van der Waals surface area contributed by atoms with Crippen LogP contribution in [0.3, 0.4) is 0 Å². The predicted octanol–water partition coefficient (Wildman–Crippen LogP) is 3.30. The second-order valence-corrected chi connectivity index (χ2v) is 6.46. The molecule has 0 aliphatic carbocycles. The van der Waals surface area contributed by atoms with Crippen molar-refractivity contribution in [3.63, 3.8) is 0 Å². The van der Waals surface area contributed by atoms with Gasteiger partial charge in [-0.2, -0.15) is 0 Å². The Hall–Kier alpha value is -1.64. The van der Waals surface area contributed by atoms with Gasteiger partial charge in [0.15, 0.2) is 0 Å². The molecule has 1 aliphatic rings. The van der Waals surface area contributed by atoms with E-state index in [1.165, 1.54) is 11.1 Å². The van der Waals surface area contributed by atoms with Crippen molar-refractivity contribution in [3.8, 4) is 0 Å². The molecule has 0 amide bonds. The van der Waals surface area contributed by atoms with Gasteiger partial charge in [0.05, 0.1) is 5.60 Å². The first kappa shape index (κ1) is 15.3. The fourth-order valence-corrected chi connectivity index (χ4v) is 3.28.